The van der Waals surface area contributed by atoms with Crippen molar-refractivity contribution in [3.8, 4) is 0 Å². The highest BCUT2D eigenvalue weighted by Gasteiger charge is 2.50. The first-order chi connectivity index (χ1) is 13.5. The van der Waals surface area contributed by atoms with E-state index in [1.807, 2.05) is 14.1 Å². The summed E-state index contributed by atoms with van der Waals surface area (Å²) in [5.41, 5.74) is -5.26. The molecule has 0 spiro atoms. The molecule has 0 amide bonds. The SMILES string of the molecule is CN=C(NCC1CCN(S(=O)(=O)C(F)(F)F)CC1)NCC1(N(C)C)CCOCC1.I. The summed E-state index contributed by atoms with van der Waals surface area (Å²) in [5, 5.41) is 6.56. The van der Waals surface area contributed by atoms with Crippen LogP contribution in [0.5, 0.6) is 0 Å². The van der Waals surface area contributed by atoms with Gasteiger partial charge in [-0.1, -0.05) is 0 Å². The molecule has 13 heteroatoms. The summed E-state index contributed by atoms with van der Waals surface area (Å²) in [6, 6.07) is 0. The Kier molecular flexibility index (Phi) is 10.6. The number of nitrogens with one attached hydrogen (secondary N) is 2. The lowest BCUT2D eigenvalue weighted by molar-refractivity contribution is -0.0496. The van der Waals surface area contributed by atoms with E-state index >= 15 is 0 Å². The zero-order chi connectivity index (χ0) is 21.7. The Morgan fingerprint density at radius 3 is 2.23 bits per heavy atom. The fraction of sp³-hybridized carbons (Fsp3) is 0.941. The first kappa shape index (κ1) is 27.7. The topological polar surface area (TPSA) is 86.3 Å². The first-order valence-corrected chi connectivity index (χ1v) is 11.2. The number of hydrogen-bond acceptors (Lipinski definition) is 5. The number of nitrogens with zero attached hydrogens (tertiary/aromatic N) is 3. The third-order valence-electron chi connectivity index (χ3n) is 5.94. The van der Waals surface area contributed by atoms with Gasteiger partial charge in [0.15, 0.2) is 5.96 Å². The van der Waals surface area contributed by atoms with E-state index in [-0.39, 0.29) is 48.5 Å². The van der Waals surface area contributed by atoms with Crippen molar-refractivity contribution in [3.63, 3.8) is 0 Å². The Bertz CT molecular complexity index is 662. The smallest absolute Gasteiger partial charge is 0.381 e. The van der Waals surface area contributed by atoms with Crippen LogP contribution in [-0.4, -0.2) is 95.2 Å². The van der Waals surface area contributed by atoms with Gasteiger partial charge in [0.25, 0.3) is 0 Å². The molecular formula is C17H33F3IN5O3S. The second kappa shape index (κ2) is 11.5. The molecular weight excluding hydrogens is 538 g/mol. The van der Waals surface area contributed by atoms with Crippen LogP contribution in [0.2, 0.25) is 0 Å². The van der Waals surface area contributed by atoms with Crippen molar-refractivity contribution in [2.45, 2.75) is 36.7 Å². The lowest BCUT2D eigenvalue weighted by Crippen LogP contribution is -2.57. The van der Waals surface area contributed by atoms with Gasteiger partial charge in [0.1, 0.15) is 0 Å². The van der Waals surface area contributed by atoms with Crippen LogP contribution < -0.4 is 10.6 Å². The minimum atomic E-state index is -5.24. The molecule has 0 bridgehead atoms. The second-order valence-corrected chi connectivity index (χ2v) is 9.76. The van der Waals surface area contributed by atoms with Gasteiger partial charge in [0.05, 0.1) is 0 Å². The van der Waals surface area contributed by atoms with Crippen molar-refractivity contribution in [3.05, 3.63) is 0 Å². The van der Waals surface area contributed by atoms with Crippen LogP contribution in [-0.2, 0) is 14.8 Å². The van der Waals surface area contributed by atoms with Crippen molar-refractivity contribution >= 4 is 40.0 Å². The summed E-state index contributed by atoms with van der Waals surface area (Å²) >= 11 is 0. The van der Waals surface area contributed by atoms with E-state index in [0.29, 0.717) is 49.4 Å². The summed E-state index contributed by atoms with van der Waals surface area (Å²) in [6.07, 6.45) is 2.57. The van der Waals surface area contributed by atoms with Crippen LogP contribution >= 0.6 is 24.0 Å². The lowest BCUT2D eigenvalue weighted by atomic mass is 9.88. The van der Waals surface area contributed by atoms with Crippen LogP contribution in [0, 0.1) is 5.92 Å². The zero-order valence-corrected chi connectivity index (χ0v) is 20.8. The van der Waals surface area contributed by atoms with E-state index in [2.05, 4.69) is 20.5 Å². The average Bonchev–Trinajstić information content (AvgIpc) is 2.68. The monoisotopic (exact) mass is 571 g/mol. The molecule has 0 saturated carbocycles. The molecule has 2 aliphatic rings. The number of aliphatic imine (C=N–C) groups is 1. The van der Waals surface area contributed by atoms with E-state index in [9.17, 15) is 21.6 Å². The quantitative estimate of drug-likeness (QED) is 0.285. The largest absolute Gasteiger partial charge is 0.511 e. The maximum absolute atomic E-state index is 12.7. The van der Waals surface area contributed by atoms with Crippen molar-refractivity contribution in [1.29, 1.82) is 0 Å². The van der Waals surface area contributed by atoms with Gasteiger partial charge in [0, 0.05) is 52.0 Å². The number of halogens is 4. The van der Waals surface area contributed by atoms with Gasteiger partial charge in [-0.25, -0.2) is 8.42 Å². The summed E-state index contributed by atoms with van der Waals surface area (Å²) in [4.78, 5) is 6.42. The molecule has 178 valence electrons. The Labute approximate surface area is 194 Å². The number of alkyl halides is 3. The minimum Gasteiger partial charge on any atom is -0.381 e. The van der Waals surface area contributed by atoms with Gasteiger partial charge < -0.3 is 20.3 Å². The highest BCUT2D eigenvalue weighted by molar-refractivity contribution is 14.0. The molecule has 0 atom stereocenters. The van der Waals surface area contributed by atoms with Crippen LogP contribution in [0.3, 0.4) is 0 Å². The third kappa shape index (κ3) is 6.81. The molecule has 2 fully saturated rings. The maximum Gasteiger partial charge on any atom is 0.511 e. The molecule has 0 aromatic carbocycles. The number of piperidine rings is 1. The number of hydrogen-bond donors (Lipinski definition) is 2. The van der Waals surface area contributed by atoms with E-state index in [1.165, 1.54) is 0 Å². The Morgan fingerprint density at radius 2 is 1.77 bits per heavy atom. The maximum atomic E-state index is 12.7. The van der Waals surface area contributed by atoms with Gasteiger partial charge in [-0.2, -0.15) is 17.5 Å². The number of rotatable bonds is 6. The third-order valence-corrected chi connectivity index (χ3v) is 7.57. The Hall–Kier alpha value is -0.380. The molecule has 0 aromatic heterocycles. The van der Waals surface area contributed by atoms with Crippen LogP contribution in [0.25, 0.3) is 0 Å². The Balaban J connectivity index is 0.00000450. The highest BCUT2D eigenvalue weighted by atomic mass is 127. The Morgan fingerprint density at radius 1 is 1.20 bits per heavy atom. The molecule has 0 aromatic rings. The predicted octanol–water partition coefficient (Wildman–Crippen LogP) is 1.44. The molecule has 2 heterocycles. The van der Waals surface area contributed by atoms with Crippen LogP contribution in [0.1, 0.15) is 25.7 Å². The minimum absolute atomic E-state index is 0. The molecule has 2 rings (SSSR count). The molecule has 0 aliphatic carbocycles. The molecule has 2 aliphatic heterocycles. The van der Waals surface area contributed by atoms with Gasteiger partial charge in [0.2, 0.25) is 0 Å². The van der Waals surface area contributed by atoms with E-state index < -0.39 is 15.5 Å². The number of guanidine groups is 1. The summed E-state index contributed by atoms with van der Waals surface area (Å²) in [6.45, 7) is 2.41. The van der Waals surface area contributed by atoms with Crippen LogP contribution in [0.15, 0.2) is 4.99 Å². The fourth-order valence-corrected chi connectivity index (χ4v) is 4.73. The van der Waals surface area contributed by atoms with Crippen molar-refractivity contribution in [2.24, 2.45) is 10.9 Å². The lowest BCUT2D eigenvalue weighted by Gasteiger charge is -2.43. The van der Waals surface area contributed by atoms with Crippen molar-refractivity contribution in [1.82, 2.24) is 19.8 Å². The van der Waals surface area contributed by atoms with Crippen LogP contribution in [0.4, 0.5) is 13.2 Å². The standard InChI is InChI=1S/C17H32F3N5O3S.HI/c1-21-15(23-13-16(24(2)3)6-10-28-11-7-16)22-12-14-4-8-25(9-5-14)29(26,27)17(18,19)20;/h14H,4-13H2,1-3H3,(H2,21,22,23);1H. The molecule has 30 heavy (non-hydrogen) atoms. The molecule has 8 nitrogen and oxygen atoms in total. The van der Waals surface area contributed by atoms with Gasteiger partial charge >= 0.3 is 15.5 Å². The number of sulfonamides is 1. The summed E-state index contributed by atoms with van der Waals surface area (Å²) in [5.74, 6) is 0.710. The van der Waals surface area contributed by atoms with E-state index in [0.717, 1.165) is 12.8 Å². The number of ether oxygens (including phenoxy) is 1. The van der Waals surface area contributed by atoms with E-state index in [4.69, 9.17) is 4.74 Å². The van der Waals surface area contributed by atoms with E-state index in [1.54, 1.807) is 7.05 Å². The zero-order valence-electron chi connectivity index (χ0n) is 17.7. The van der Waals surface area contributed by atoms with Gasteiger partial charge in [-0.15, -0.1) is 24.0 Å². The molecule has 0 radical (unpaired) electrons. The molecule has 0 unspecified atom stereocenters. The van der Waals surface area contributed by atoms with Gasteiger partial charge in [-0.05, 0) is 45.7 Å². The molecule has 2 saturated heterocycles. The highest BCUT2D eigenvalue weighted by Crippen LogP contribution is 2.30. The van der Waals surface area contributed by atoms with Crippen molar-refractivity contribution < 1.29 is 26.3 Å². The van der Waals surface area contributed by atoms with Gasteiger partial charge in [-0.3, -0.25) is 4.99 Å². The fourth-order valence-electron chi connectivity index (χ4n) is 3.74. The molecule has 2 N–H and O–H groups in total. The second-order valence-electron chi connectivity index (χ2n) is 7.83. The summed E-state index contributed by atoms with van der Waals surface area (Å²) in [7, 11) is 0.529. The average molecular weight is 571 g/mol. The number of likely N-dealkylation sites (N-methyl/N-ethyl adjacent to an activating group) is 1. The summed E-state index contributed by atoms with van der Waals surface area (Å²) < 4.78 is 67.0. The first-order valence-electron chi connectivity index (χ1n) is 9.78. The normalized spacial score (nSPS) is 21.9. The predicted molar refractivity (Wildman–Crippen MR) is 121 cm³/mol. The van der Waals surface area contributed by atoms with Crippen molar-refractivity contribution in [2.75, 3.05) is 60.5 Å².